The summed E-state index contributed by atoms with van der Waals surface area (Å²) in [6.45, 7) is 4.55. The van der Waals surface area contributed by atoms with Gasteiger partial charge in [0.2, 0.25) is 0 Å². The topological polar surface area (TPSA) is 43.1 Å². The molecule has 4 aromatic carbocycles. The van der Waals surface area contributed by atoms with Crippen molar-refractivity contribution in [1.29, 1.82) is 0 Å². The van der Waals surface area contributed by atoms with Gasteiger partial charge in [0.1, 0.15) is 0 Å². The van der Waals surface area contributed by atoms with Crippen LogP contribution in [-0.2, 0) is 5.41 Å². The van der Waals surface area contributed by atoms with Gasteiger partial charge in [0.25, 0.3) is 5.69 Å². The zero-order valence-electron chi connectivity index (χ0n) is 31.2. The maximum atomic E-state index is 12.1. The zero-order valence-corrected chi connectivity index (χ0v) is 32.0. The zero-order chi connectivity index (χ0) is 35.7. The number of hydrogen-bond donors (Lipinski definition) is 0. The summed E-state index contributed by atoms with van der Waals surface area (Å²) < 4.78 is 0. The molecule has 0 aromatic heterocycles. The Labute approximate surface area is 312 Å². The average Bonchev–Trinajstić information content (AvgIpc) is 3.42. The third-order valence-corrected chi connectivity index (χ3v) is 11.8. The van der Waals surface area contributed by atoms with Crippen molar-refractivity contribution < 1.29 is 4.92 Å². The van der Waals surface area contributed by atoms with E-state index < -0.39 is 0 Å². The Kier molecular flexibility index (Phi) is 15.5. The molecular formula is C47H59NO2S. The van der Waals surface area contributed by atoms with E-state index in [0.717, 1.165) is 25.7 Å². The van der Waals surface area contributed by atoms with Crippen LogP contribution in [0.5, 0.6) is 0 Å². The molecule has 0 aliphatic heterocycles. The minimum absolute atomic E-state index is 0.193. The monoisotopic (exact) mass is 701 g/mol. The maximum Gasteiger partial charge on any atom is 0.269 e. The van der Waals surface area contributed by atoms with Crippen molar-refractivity contribution in [2.24, 2.45) is 0 Å². The van der Waals surface area contributed by atoms with Crippen LogP contribution >= 0.6 is 11.8 Å². The SMILES string of the molecule is CCCCCCCCCCC1(CCCCCCCCCC)c2cc(C=Cc3ccc(Sc4ccccc4)cc3)ccc2-c2ccc([N+](=O)[O-])cc21. The highest BCUT2D eigenvalue weighted by Crippen LogP contribution is 2.55. The molecule has 3 nitrogen and oxygen atoms in total. The van der Waals surface area contributed by atoms with Crippen molar-refractivity contribution in [3.63, 3.8) is 0 Å². The Morgan fingerprint density at radius 1 is 0.549 bits per heavy atom. The number of rotatable bonds is 23. The van der Waals surface area contributed by atoms with E-state index in [-0.39, 0.29) is 16.0 Å². The Bertz CT molecular complexity index is 1660. The average molecular weight is 702 g/mol. The highest BCUT2D eigenvalue weighted by molar-refractivity contribution is 7.99. The first-order chi connectivity index (χ1) is 25.0. The molecule has 0 atom stereocenters. The molecule has 0 fully saturated rings. The minimum atomic E-state index is -0.210. The van der Waals surface area contributed by atoms with Crippen LogP contribution in [0, 0.1) is 10.1 Å². The number of nitrogens with zero attached hydrogens (tertiary/aromatic N) is 1. The Morgan fingerprint density at radius 3 is 1.59 bits per heavy atom. The van der Waals surface area contributed by atoms with Crippen LogP contribution in [-0.4, -0.2) is 4.92 Å². The molecule has 0 bridgehead atoms. The van der Waals surface area contributed by atoms with Gasteiger partial charge in [0.05, 0.1) is 4.92 Å². The second kappa shape index (κ2) is 20.4. The fourth-order valence-electron chi connectivity index (χ4n) is 7.97. The van der Waals surface area contributed by atoms with Crippen LogP contribution in [0.3, 0.4) is 0 Å². The lowest BCUT2D eigenvalue weighted by Crippen LogP contribution is -2.25. The predicted molar refractivity (Wildman–Crippen MR) is 220 cm³/mol. The molecule has 0 heterocycles. The molecular weight excluding hydrogens is 643 g/mol. The standard InChI is InChI=1S/C47H59NO2S/c1-3-5-7-9-11-13-15-20-34-47(35-21-16-14-12-10-8-6-4-2)45-36-39(28-32-43(45)44-33-29-40(48(49)50)37-46(44)47)25-24-38-26-30-42(31-27-38)51-41-22-18-17-19-23-41/h17-19,22-33,36-37H,3-16,20-21,34-35H2,1-2H3. The first-order valence-corrected chi connectivity index (χ1v) is 20.8. The lowest BCUT2D eigenvalue weighted by molar-refractivity contribution is -0.384. The molecule has 1 aliphatic rings. The first-order valence-electron chi connectivity index (χ1n) is 20.0. The van der Waals surface area contributed by atoms with Crippen molar-refractivity contribution in [1.82, 2.24) is 0 Å². The van der Waals surface area contributed by atoms with E-state index in [1.54, 1.807) is 17.8 Å². The normalized spacial score (nSPS) is 13.1. The van der Waals surface area contributed by atoms with Gasteiger partial charge in [-0.15, -0.1) is 0 Å². The van der Waals surface area contributed by atoms with Crippen molar-refractivity contribution in [3.05, 3.63) is 123 Å². The van der Waals surface area contributed by atoms with Gasteiger partial charge in [-0.2, -0.15) is 0 Å². The molecule has 0 saturated carbocycles. The van der Waals surface area contributed by atoms with E-state index in [9.17, 15) is 10.1 Å². The number of fused-ring (bicyclic) bond motifs is 3. The second-order valence-electron chi connectivity index (χ2n) is 14.6. The number of non-ortho nitro benzene ring substituents is 1. The van der Waals surface area contributed by atoms with Gasteiger partial charge >= 0.3 is 0 Å². The molecule has 0 radical (unpaired) electrons. The molecule has 4 heteroatoms. The number of nitro groups is 1. The summed E-state index contributed by atoms with van der Waals surface area (Å²) in [5.41, 5.74) is 7.40. The molecule has 0 amide bonds. The molecule has 4 aromatic rings. The van der Waals surface area contributed by atoms with Crippen molar-refractivity contribution in [2.45, 2.75) is 145 Å². The summed E-state index contributed by atoms with van der Waals surface area (Å²) in [5, 5.41) is 12.1. The first kappa shape index (κ1) is 38.6. The lowest BCUT2D eigenvalue weighted by atomic mass is 9.70. The van der Waals surface area contributed by atoms with Crippen molar-refractivity contribution in [2.75, 3.05) is 0 Å². The summed E-state index contributed by atoms with van der Waals surface area (Å²) in [5.74, 6) is 0. The third-order valence-electron chi connectivity index (χ3n) is 10.8. The molecule has 0 saturated heterocycles. The number of benzene rings is 4. The summed E-state index contributed by atoms with van der Waals surface area (Å²) in [6.07, 6.45) is 27.1. The highest BCUT2D eigenvalue weighted by atomic mass is 32.2. The lowest BCUT2D eigenvalue weighted by Gasteiger charge is -2.33. The quantitative estimate of drug-likeness (QED) is 0.0335. The Hall–Kier alpha value is -3.63. The second-order valence-corrected chi connectivity index (χ2v) is 15.8. The molecule has 0 unspecified atom stereocenters. The van der Waals surface area contributed by atoms with Gasteiger partial charge in [-0.3, -0.25) is 10.1 Å². The number of unbranched alkanes of at least 4 members (excludes halogenated alkanes) is 14. The van der Waals surface area contributed by atoms with E-state index in [4.69, 9.17) is 0 Å². The molecule has 0 N–H and O–H groups in total. The van der Waals surface area contributed by atoms with Gasteiger partial charge in [-0.1, -0.05) is 189 Å². The predicted octanol–water partition coefficient (Wildman–Crippen LogP) is 15.2. The smallest absolute Gasteiger partial charge is 0.258 e. The van der Waals surface area contributed by atoms with Crippen LogP contribution in [0.4, 0.5) is 5.69 Å². The molecule has 1 aliphatic carbocycles. The van der Waals surface area contributed by atoms with Gasteiger partial charge in [-0.05, 0) is 76.6 Å². The summed E-state index contributed by atoms with van der Waals surface area (Å²) in [6, 6.07) is 31.9. The minimum Gasteiger partial charge on any atom is -0.258 e. The largest absolute Gasteiger partial charge is 0.269 e. The van der Waals surface area contributed by atoms with Crippen LogP contribution in [0.25, 0.3) is 23.3 Å². The summed E-state index contributed by atoms with van der Waals surface area (Å²) in [4.78, 5) is 14.3. The van der Waals surface area contributed by atoms with E-state index >= 15 is 0 Å². The van der Waals surface area contributed by atoms with Gasteiger partial charge in [0, 0.05) is 27.3 Å². The van der Waals surface area contributed by atoms with Gasteiger partial charge < -0.3 is 0 Å². The molecule has 51 heavy (non-hydrogen) atoms. The van der Waals surface area contributed by atoms with E-state index in [0.29, 0.717) is 0 Å². The van der Waals surface area contributed by atoms with E-state index in [1.165, 1.54) is 133 Å². The summed E-state index contributed by atoms with van der Waals surface area (Å²) >= 11 is 1.78. The third kappa shape index (κ3) is 10.9. The van der Waals surface area contributed by atoms with Crippen LogP contribution < -0.4 is 0 Å². The Balaban J connectivity index is 1.38. The molecule has 0 spiro atoms. The molecule has 5 rings (SSSR count). The summed E-state index contributed by atoms with van der Waals surface area (Å²) in [7, 11) is 0. The van der Waals surface area contributed by atoms with Crippen LogP contribution in [0.15, 0.2) is 101 Å². The molecule has 270 valence electrons. The van der Waals surface area contributed by atoms with Crippen LogP contribution in [0.1, 0.15) is 152 Å². The highest BCUT2D eigenvalue weighted by Gasteiger charge is 2.43. The van der Waals surface area contributed by atoms with Crippen molar-refractivity contribution >= 4 is 29.6 Å². The Morgan fingerprint density at radius 2 is 1.02 bits per heavy atom. The van der Waals surface area contributed by atoms with Crippen LogP contribution in [0.2, 0.25) is 0 Å². The fourth-order valence-corrected chi connectivity index (χ4v) is 8.80. The van der Waals surface area contributed by atoms with Gasteiger partial charge in [0.15, 0.2) is 0 Å². The number of hydrogen-bond acceptors (Lipinski definition) is 3. The van der Waals surface area contributed by atoms with Gasteiger partial charge in [-0.25, -0.2) is 0 Å². The maximum absolute atomic E-state index is 12.1. The number of nitro benzene ring substituents is 1. The van der Waals surface area contributed by atoms with E-state index in [2.05, 4.69) is 98.8 Å². The van der Waals surface area contributed by atoms with E-state index in [1.807, 2.05) is 12.1 Å². The fraction of sp³-hybridized carbons (Fsp3) is 0.447. The van der Waals surface area contributed by atoms with Crippen molar-refractivity contribution in [3.8, 4) is 11.1 Å².